The summed E-state index contributed by atoms with van der Waals surface area (Å²) >= 11 is 6.02. The van der Waals surface area contributed by atoms with Crippen molar-refractivity contribution in [1.29, 1.82) is 0 Å². The van der Waals surface area contributed by atoms with Crippen LogP contribution in [0.15, 0.2) is 77.3 Å². The van der Waals surface area contributed by atoms with Gasteiger partial charge in [-0.2, -0.15) is 0 Å². The third-order valence-corrected chi connectivity index (χ3v) is 5.06. The lowest BCUT2D eigenvalue weighted by molar-refractivity contribution is -0.118. The molecule has 2 aromatic heterocycles. The van der Waals surface area contributed by atoms with Crippen LogP contribution in [-0.2, 0) is 17.8 Å². The van der Waals surface area contributed by atoms with Crippen molar-refractivity contribution >= 4 is 23.2 Å². The molecule has 156 valence electrons. The van der Waals surface area contributed by atoms with Gasteiger partial charge in [0.25, 0.3) is 0 Å². The molecule has 2 aromatic carbocycles. The Balaban J connectivity index is 1.47. The zero-order valence-electron chi connectivity index (χ0n) is 17.0. The predicted molar refractivity (Wildman–Crippen MR) is 120 cm³/mol. The molecule has 6 nitrogen and oxygen atoms in total. The van der Waals surface area contributed by atoms with Gasteiger partial charge in [0.2, 0.25) is 17.7 Å². The van der Waals surface area contributed by atoms with E-state index in [0.29, 0.717) is 29.8 Å². The Labute approximate surface area is 185 Å². The normalized spacial score (nSPS) is 10.8. The quantitative estimate of drug-likeness (QED) is 0.398. The van der Waals surface area contributed by atoms with E-state index in [4.69, 9.17) is 16.0 Å². The largest absolute Gasteiger partial charge is 0.421 e. The fourth-order valence-electron chi connectivity index (χ4n) is 3.11. The molecule has 31 heavy (non-hydrogen) atoms. The summed E-state index contributed by atoms with van der Waals surface area (Å²) in [4.78, 5) is 19.1. The lowest BCUT2D eigenvalue weighted by atomic mass is 10.1. The molecule has 4 rings (SSSR count). The highest BCUT2D eigenvalue weighted by molar-refractivity contribution is 6.30. The van der Waals surface area contributed by atoms with Gasteiger partial charge in [-0.25, -0.2) is 0 Å². The number of carbonyl (C=O) groups is 1. The van der Waals surface area contributed by atoms with Gasteiger partial charge in [-0.15, -0.1) is 10.2 Å². The molecule has 0 bridgehead atoms. The fourth-order valence-corrected chi connectivity index (χ4v) is 3.24. The molecule has 0 aliphatic carbocycles. The smallest absolute Gasteiger partial charge is 0.247 e. The van der Waals surface area contributed by atoms with Crippen molar-refractivity contribution in [2.45, 2.75) is 26.3 Å². The van der Waals surface area contributed by atoms with E-state index in [1.165, 1.54) is 0 Å². The van der Waals surface area contributed by atoms with E-state index in [1.54, 1.807) is 23.2 Å². The van der Waals surface area contributed by atoms with Gasteiger partial charge in [-0.1, -0.05) is 35.4 Å². The molecule has 0 spiro atoms. The maximum atomic E-state index is 13.1. The van der Waals surface area contributed by atoms with E-state index < -0.39 is 0 Å². The van der Waals surface area contributed by atoms with E-state index in [-0.39, 0.29) is 12.3 Å². The van der Waals surface area contributed by atoms with Crippen molar-refractivity contribution in [3.8, 4) is 11.5 Å². The molecule has 0 aliphatic rings. The van der Waals surface area contributed by atoms with Crippen LogP contribution in [0.2, 0.25) is 5.02 Å². The van der Waals surface area contributed by atoms with Crippen LogP contribution in [0.25, 0.3) is 11.5 Å². The Morgan fingerprint density at radius 1 is 1.00 bits per heavy atom. The first kappa shape index (κ1) is 20.8. The molecule has 4 aromatic rings. The number of hydrogen-bond acceptors (Lipinski definition) is 5. The second kappa shape index (κ2) is 9.53. The summed E-state index contributed by atoms with van der Waals surface area (Å²) in [6.45, 7) is 2.38. The average Bonchev–Trinajstić information content (AvgIpc) is 3.27. The van der Waals surface area contributed by atoms with Gasteiger partial charge < -0.3 is 9.32 Å². The Hall–Kier alpha value is -3.51. The van der Waals surface area contributed by atoms with Crippen LogP contribution in [0, 0.1) is 6.92 Å². The summed E-state index contributed by atoms with van der Waals surface area (Å²) < 4.78 is 5.76. The second-order valence-electron chi connectivity index (χ2n) is 7.14. The predicted octanol–water partition coefficient (Wildman–Crippen LogP) is 5.26. The highest BCUT2D eigenvalue weighted by Gasteiger charge is 2.18. The zero-order valence-corrected chi connectivity index (χ0v) is 17.8. The number of carbonyl (C=O) groups excluding carboxylic acids is 1. The SMILES string of the molecule is Cc1ccc(-c2nnc(CCC(=O)N(Cc3ccccn3)c3ccc(Cl)cc3)o2)cc1. The van der Waals surface area contributed by atoms with E-state index in [0.717, 1.165) is 22.5 Å². The van der Waals surface area contributed by atoms with Crippen LogP contribution in [-0.4, -0.2) is 21.1 Å². The molecule has 0 fully saturated rings. The number of benzene rings is 2. The number of pyridine rings is 1. The first-order valence-corrected chi connectivity index (χ1v) is 10.3. The summed E-state index contributed by atoms with van der Waals surface area (Å²) in [6.07, 6.45) is 2.29. The Kier molecular flexibility index (Phi) is 6.38. The highest BCUT2D eigenvalue weighted by Crippen LogP contribution is 2.22. The van der Waals surface area contributed by atoms with Crippen LogP contribution >= 0.6 is 11.6 Å². The molecule has 0 saturated carbocycles. The van der Waals surface area contributed by atoms with Crippen LogP contribution < -0.4 is 4.90 Å². The van der Waals surface area contributed by atoms with Crippen molar-refractivity contribution < 1.29 is 9.21 Å². The number of aromatic nitrogens is 3. The maximum Gasteiger partial charge on any atom is 0.247 e. The third-order valence-electron chi connectivity index (χ3n) is 4.80. The summed E-state index contributed by atoms with van der Waals surface area (Å²) in [7, 11) is 0. The van der Waals surface area contributed by atoms with E-state index >= 15 is 0 Å². The summed E-state index contributed by atoms with van der Waals surface area (Å²) in [6, 6.07) is 20.7. The summed E-state index contributed by atoms with van der Waals surface area (Å²) in [5.41, 5.74) is 3.56. The first-order valence-electron chi connectivity index (χ1n) is 9.94. The molecule has 0 radical (unpaired) electrons. The lowest BCUT2D eigenvalue weighted by Gasteiger charge is -2.22. The molecule has 0 saturated heterocycles. The minimum Gasteiger partial charge on any atom is -0.421 e. The van der Waals surface area contributed by atoms with Crippen molar-refractivity contribution in [3.63, 3.8) is 0 Å². The molecule has 7 heteroatoms. The van der Waals surface area contributed by atoms with Gasteiger partial charge in [0, 0.05) is 35.3 Å². The Morgan fingerprint density at radius 2 is 1.77 bits per heavy atom. The number of rotatable bonds is 7. The first-order chi connectivity index (χ1) is 15.1. The third kappa shape index (κ3) is 5.35. The van der Waals surface area contributed by atoms with Crippen molar-refractivity contribution in [2.24, 2.45) is 0 Å². The van der Waals surface area contributed by atoms with Crippen LogP contribution in [0.4, 0.5) is 5.69 Å². The number of anilines is 1. The molecule has 0 unspecified atom stereocenters. The number of nitrogens with zero attached hydrogens (tertiary/aromatic N) is 4. The van der Waals surface area contributed by atoms with Gasteiger partial charge >= 0.3 is 0 Å². The standard InChI is InChI=1S/C24H21ClN4O2/c1-17-5-7-18(8-6-17)24-28-27-22(31-24)13-14-23(30)29(16-20-4-2-3-15-26-20)21-11-9-19(25)10-12-21/h2-12,15H,13-14,16H2,1H3. The monoisotopic (exact) mass is 432 g/mol. The van der Waals surface area contributed by atoms with Crippen LogP contribution in [0.5, 0.6) is 0 Å². The zero-order chi connectivity index (χ0) is 21.6. The van der Waals surface area contributed by atoms with E-state index in [2.05, 4.69) is 15.2 Å². The van der Waals surface area contributed by atoms with Gasteiger partial charge in [0.15, 0.2) is 0 Å². The van der Waals surface area contributed by atoms with Gasteiger partial charge in [-0.05, 0) is 55.5 Å². The molecule has 1 amide bonds. The maximum absolute atomic E-state index is 13.1. The van der Waals surface area contributed by atoms with Crippen molar-refractivity contribution in [2.75, 3.05) is 4.90 Å². The minimum absolute atomic E-state index is 0.0666. The van der Waals surface area contributed by atoms with E-state index in [9.17, 15) is 4.79 Å². The highest BCUT2D eigenvalue weighted by atomic mass is 35.5. The van der Waals surface area contributed by atoms with Crippen LogP contribution in [0.1, 0.15) is 23.6 Å². The number of hydrogen-bond donors (Lipinski definition) is 0. The fraction of sp³-hybridized carbons (Fsp3) is 0.167. The summed E-state index contributed by atoms with van der Waals surface area (Å²) in [5.74, 6) is 0.811. The topological polar surface area (TPSA) is 72.1 Å². The van der Waals surface area contributed by atoms with Crippen LogP contribution in [0.3, 0.4) is 0 Å². The molecule has 0 aliphatic heterocycles. The average molecular weight is 433 g/mol. The molecule has 0 atom stereocenters. The lowest BCUT2D eigenvalue weighted by Crippen LogP contribution is -2.31. The van der Waals surface area contributed by atoms with Gasteiger partial charge in [0.05, 0.1) is 12.2 Å². The van der Waals surface area contributed by atoms with E-state index in [1.807, 2.05) is 61.5 Å². The molecule has 2 heterocycles. The second-order valence-corrected chi connectivity index (χ2v) is 7.58. The Bertz CT molecular complexity index is 1140. The van der Waals surface area contributed by atoms with Gasteiger partial charge in [-0.3, -0.25) is 9.78 Å². The molecular formula is C24H21ClN4O2. The van der Waals surface area contributed by atoms with Crippen molar-refractivity contribution in [3.05, 3.63) is 95.1 Å². The van der Waals surface area contributed by atoms with Gasteiger partial charge in [0.1, 0.15) is 0 Å². The summed E-state index contributed by atoms with van der Waals surface area (Å²) in [5, 5.41) is 8.82. The number of aryl methyl sites for hydroxylation is 2. The molecule has 0 N–H and O–H groups in total. The van der Waals surface area contributed by atoms with Crippen molar-refractivity contribution in [1.82, 2.24) is 15.2 Å². The minimum atomic E-state index is -0.0666. The molecular weight excluding hydrogens is 412 g/mol. The Morgan fingerprint density at radius 3 is 2.48 bits per heavy atom. The number of halogens is 1. The number of amides is 1.